The van der Waals surface area contributed by atoms with Crippen LogP contribution in [0.15, 0.2) is 48.5 Å². The molecule has 3 rings (SSSR count). The fourth-order valence-corrected chi connectivity index (χ4v) is 3.84. The van der Waals surface area contributed by atoms with E-state index in [1.807, 2.05) is 43.3 Å². The molecule has 1 N–H and O–H groups in total. The van der Waals surface area contributed by atoms with Crippen molar-refractivity contribution in [1.82, 2.24) is 10.3 Å². The number of halogens is 1. The fourth-order valence-electron chi connectivity index (χ4n) is 2.38. The van der Waals surface area contributed by atoms with Gasteiger partial charge in [0.15, 0.2) is 0 Å². The van der Waals surface area contributed by atoms with Gasteiger partial charge in [-0.2, -0.15) is 0 Å². The van der Waals surface area contributed by atoms with E-state index in [4.69, 9.17) is 0 Å². The van der Waals surface area contributed by atoms with E-state index in [2.05, 4.69) is 51.9 Å². The summed E-state index contributed by atoms with van der Waals surface area (Å²) in [6.45, 7) is 4.58. The van der Waals surface area contributed by atoms with Gasteiger partial charge >= 0.3 is 0 Å². The summed E-state index contributed by atoms with van der Waals surface area (Å²) in [6.07, 6.45) is 0. The third-order valence-corrected chi connectivity index (χ3v) is 5.69. The molecule has 5 heteroatoms. The highest BCUT2D eigenvalue weighted by atomic mass is 127. The summed E-state index contributed by atoms with van der Waals surface area (Å²) in [7, 11) is 0. The molecule has 0 aliphatic rings. The molecule has 122 valence electrons. The summed E-state index contributed by atoms with van der Waals surface area (Å²) in [4.78, 5) is 18.0. The van der Waals surface area contributed by atoms with Crippen LogP contribution in [-0.4, -0.2) is 10.9 Å². The molecule has 0 bridgehead atoms. The Bertz CT molecular complexity index is 871. The van der Waals surface area contributed by atoms with Crippen LogP contribution < -0.4 is 5.32 Å². The normalized spacial score (nSPS) is 10.6. The Morgan fingerprint density at radius 2 is 1.83 bits per heavy atom. The Balaban J connectivity index is 1.73. The van der Waals surface area contributed by atoms with Crippen LogP contribution in [0, 0.1) is 17.4 Å². The molecule has 1 aromatic heterocycles. The van der Waals surface area contributed by atoms with Gasteiger partial charge in [-0.15, -0.1) is 11.3 Å². The first-order chi connectivity index (χ1) is 11.5. The lowest BCUT2D eigenvalue weighted by Gasteiger charge is -2.04. The van der Waals surface area contributed by atoms with Crippen molar-refractivity contribution in [3.63, 3.8) is 0 Å². The van der Waals surface area contributed by atoms with Gasteiger partial charge in [-0.05, 0) is 66.3 Å². The standard InChI is InChI=1S/C19H17IN2OS/c1-12-5-3-4-6-16(12)19-22-13(2)17(24-19)11-21-18(23)14-7-9-15(20)10-8-14/h3-10H,11H2,1-2H3,(H,21,23). The van der Waals surface area contributed by atoms with Gasteiger partial charge in [-0.3, -0.25) is 4.79 Å². The maximum atomic E-state index is 12.2. The van der Waals surface area contributed by atoms with Crippen LogP contribution in [0.25, 0.3) is 10.6 Å². The molecule has 0 atom stereocenters. The van der Waals surface area contributed by atoms with E-state index in [0.717, 1.165) is 24.7 Å². The van der Waals surface area contributed by atoms with E-state index in [1.54, 1.807) is 11.3 Å². The highest BCUT2D eigenvalue weighted by molar-refractivity contribution is 14.1. The van der Waals surface area contributed by atoms with Crippen molar-refractivity contribution < 1.29 is 4.79 Å². The number of hydrogen-bond acceptors (Lipinski definition) is 3. The summed E-state index contributed by atoms with van der Waals surface area (Å²) >= 11 is 3.87. The van der Waals surface area contributed by atoms with E-state index >= 15 is 0 Å². The van der Waals surface area contributed by atoms with E-state index in [1.165, 1.54) is 5.56 Å². The molecular weight excluding hydrogens is 431 g/mol. The highest BCUT2D eigenvalue weighted by Crippen LogP contribution is 2.30. The van der Waals surface area contributed by atoms with Gasteiger partial charge in [0.05, 0.1) is 12.2 Å². The minimum absolute atomic E-state index is 0.0587. The molecule has 0 aliphatic carbocycles. The number of amides is 1. The minimum Gasteiger partial charge on any atom is -0.347 e. The number of aromatic nitrogens is 1. The van der Waals surface area contributed by atoms with E-state index in [-0.39, 0.29) is 5.91 Å². The molecule has 0 fully saturated rings. The predicted molar refractivity (Wildman–Crippen MR) is 107 cm³/mol. The number of carbonyl (C=O) groups is 1. The van der Waals surface area contributed by atoms with E-state index in [0.29, 0.717) is 12.1 Å². The highest BCUT2D eigenvalue weighted by Gasteiger charge is 2.12. The van der Waals surface area contributed by atoms with Crippen LogP contribution in [-0.2, 0) is 6.54 Å². The number of carbonyl (C=O) groups excluding carboxylic acids is 1. The molecule has 0 aliphatic heterocycles. The lowest BCUT2D eigenvalue weighted by molar-refractivity contribution is 0.0951. The van der Waals surface area contributed by atoms with Gasteiger partial charge in [0, 0.05) is 19.6 Å². The van der Waals surface area contributed by atoms with Gasteiger partial charge < -0.3 is 5.32 Å². The third kappa shape index (κ3) is 3.84. The topological polar surface area (TPSA) is 42.0 Å². The van der Waals surface area contributed by atoms with Crippen LogP contribution in [0.5, 0.6) is 0 Å². The molecule has 3 aromatic rings. The van der Waals surface area contributed by atoms with Gasteiger partial charge in [-0.25, -0.2) is 4.98 Å². The van der Waals surface area contributed by atoms with Crippen LogP contribution in [0.3, 0.4) is 0 Å². The summed E-state index contributed by atoms with van der Waals surface area (Å²) in [6, 6.07) is 15.8. The number of benzene rings is 2. The van der Waals surface area contributed by atoms with Crippen molar-refractivity contribution in [2.45, 2.75) is 20.4 Å². The van der Waals surface area contributed by atoms with Gasteiger partial charge in [0.1, 0.15) is 5.01 Å². The molecule has 0 saturated heterocycles. The molecule has 1 heterocycles. The van der Waals surface area contributed by atoms with Crippen molar-refractivity contribution >= 4 is 39.8 Å². The second-order valence-electron chi connectivity index (χ2n) is 5.53. The Kier molecular flexibility index (Phi) is 5.30. The zero-order valence-electron chi connectivity index (χ0n) is 13.5. The van der Waals surface area contributed by atoms with Crippen LogP contribution >= 0.6 is 33.9 Å². The number of nitrogens with one attached hydrogen (secondary N) is 1. The monoisotopic (exact) mass is 448 g/mol. The summed E-state index contributed by atoms with van der Waals surface area (Å²) in [5.41, 5.74) is 4.01. The van der Waals surface area contributed by atoms with Gasteiger partial charge in [0.2, 0.25) is 0 Å². The largest absolute Gasteiger partial charge is 0.347 e. The zero-order chi connectivity index (χ0) is 17.1. The predicted octanol–water partition coefficient (Wildman–Crippen LogP) is 4.96. The molecule has 24 heavy (non-hydrogen) atoms. The molecule has 0 spiro atoms. The van der Waals surface area contributed by atoms with Crippen LogP contribution in [0.4, 0.5) is 0 Å². The number of nitrogens with zero attached hydrogens (tertiary/aromatic N) is 1. The van der Waals surface area contributed by atoms with Gasteiger partial charge in [-0.1, -0.05) is 24.3 Å². The smallest absolute Gasteiger partial charge is 0.251 e. The minimum atomic E-state index is -0.0587. The van der Waals surface area contributed by atoms with E-state index in [9.17, 15) is 4.79 Å². The zero-order valence-corrected chi connectivity index (χ0v) is 16.4. The fraction of sp³-hybridized carbons (Fsp3) is 0.158. The maximum Gasteiger partial charge on any atom is 0.251 e. The molecular formula is C19H17IN2OS. The van der Waals surface area contributed by atoms with Crippen molar-refractivity contribution in [2.24, 2.45) is 0 Å². The van der Waals surface area contributed by atoms with Crippen molar-refractivity contribution in [3.8, 4) is 10.6 Å². The summed E-state index contributed by atoms with van der Waals surface area (Å²) < 4.78 is 1.12. The van der Waals surface area contributed by atoms with Crippen molar-refractivity contribution in [1.29, 1.82) is 0 Å². The Morgan fingerprint density at radius 3 is 2.54 bits per heavy atom. The van der Waals surface area contributed by atoms with Crippen molar-refractivity contribution in [2.75, 3.05) is 0 Å². The number of thiazole rings is 1. The SMILES string of the molecule is Cc1ccccc1-c1nc(C)c(CNC(=O)c2ccc(I)cc2)s1. The average molecular weight is 448 g/mol. The van der Waals surface area contributed by atoms with Crippen molar-refractivity contribution in [3.05, 3.63) is 73.8 Å². The molecule has 2 aromatic carbocycles. The first-order valence-electron chi connectivity index (χ1n) is 7.60. The van der Waals surface area contributed by atoms with Crippen LogP contribution in [0.2, 0.25) is 0 Å². The van der Waals surface area contributed by atoms with E-state index < -0.39 is 0 Å². The Hall–Kier alpha value is -1.73. The molecule has 1 amide bonds. The third-order valence-electron chi connectivity index (χ3n) is 3.78. The second-order valence-corrected chi connectivity index (χ2v) is 7.86. The summed E-state index contributed by atoms with van der Waals surface area (Å²) in [5.74, 6) is -0.0587. The average Bonchev–Trinajstić information content (AvgIpc) is 2.94. The lowest BCUT2D eigenvalue weighted by atomic mass is 10.1. The lowest BCUT2D eigenvalue weighted by Crippen LogP contribution is -2.22. The molecule has 0 unspecified atom stereocenters. The quantitative estimate of drug-likeness (QED) is 0.574. The summed E-state index contributed by atoms with van der Waals surface area (Å²) in [5, 5.41) is 3.99. The second kappa shape index (κ2) is 7.44. The Labute approximate surface area is 159 Å². The molecule has 0 saturated carbocycles. The Morgan fingerprint density at radius 1 is 1.12 bits per heavy atom. The number of hydrogen-bond donors (Lipinski definition) is 1. The molecule has 0 radical (unpaired) electrons. The number of aryl methyl sites for hydroxylation is 2. The first-order valence-corrected chi connectivity index (χ1v) is 9.50. The maximum absolute atomic E-state index is 12.2. The van der Waals surface area contributed by atoms with Gasteiger partial charge in [0.25, 0.3) is 5.91 Å². The molecule has 3 nitrogen and oxygen atoms in total. The number of rotatable bonds is 4. The first kappa shape index (κ1) is 17.1. The van der Waals surface area contributed by atoms with Crippen LogP contribution in [0.1, 0.15) is 26.5 Å².